The number of pyridine rings is 2. The van der Waals surface area contributed by atoms with Gasteiger partial charge in [0.15, 0.2) is 5.75 Å². The van der Waals surface area contributed by atoms with Crippen LogP contribution in [0, 0.1) is 5.92 Å². The molecular weight excluding hydrogens is 463 g/mol. The Morgan fingerprint density at radius 2 is 1.70 bits per heavy atom. The Balaban J connectivity index is 1.95. The van der Waals surface area contributed by atoms with Crippen LogP contribution in [0.4, 0.5) is 0 Å². The molecule has 0 amide bonds. The van der Waals surface area contributed by atoms with Gasteiger partial charge in [-0.05, 0) is 29.8 Å². The van der Waals surface area contributed by atoms with E-state index in [-0.39, 0.29) is 44.9 Å². The highest BCUT2D eigenvalue weighted by Crippen LogP contribution is 2.45. The number of aromatic amines is 1. The number of halogens is 2. The summed E-state index contributed by atoms with van der Waals surface area (Å²) in [6.45, 7) is 3.61. The third-order valence-electron chi connectivity index (χ3n) is 4.95. The van der Waals surface area contributed by atoms with Gasteiger partial charge in [-0.3, -0.25) is 9.59 Å². The number of nitrogens with one attached hydrogen (secondary N) is 1. The van der Waals surface area contributed by atoms with E-state index in [1.165, 1.54) is 6.20 Å². The largest absolute Gasteiger partial charge is 0.487 e. The maximum atomic E-state index is 13.3. The van der Waals surface area contributed by atoms with Crippen LogP contribution in [-0.4, -0.2) is 15.9 Å². The molecule has 0 saturated heterocycles. The molecule has 0 bridgehead atoms. The van der Waals surface area contributed by atoms with E-state index in [9.17, 15) is 9.59 Å². The summed E-state index contributed by atoms with van der Waals surface area (Å²) in [5, 5.41) is 0.932. The van der Waals surface area contributed by atoms with Crippen LogP contribution in [-0.2, 0) is 11.4 Å². The molecule has 0 atom stereocenters. The van der Waals surface area contributed by atoms with Crippen molar-refractivity contribution in [3.8, 4) is 22.6 Å². The van der Waals surface area contributed by atoms with Crippen LogP contribution in [0.15, 0.2) is 65.6 Å². The van der Waals surface area contributed by atoms with Crippen molar-refractivity contribution in [1.29, 1.82) is 0 Å². The maximum absolute atomic E-state index is 13.3. The van der Waals surface area contributed by atoms with E-state index >= 15 is 0 Å². The molecule has 0 radical (unpaired) electrons. The summed E-state index contributed by atoms with van der Waals surface area (Å²) in [6.07, 6.45) is 1.53. The number of aromatic nitrogens is 2. The molecule has 1 N–H and O–H groups in total. The minimum absolute atomic E-state index is 0.0417. The number of benzene rings is 2. The molecule has 0 aliphatic heterocycles. The van der Waals surface area contributed by atoms with Crippen LogP contribution >= 0.6 is 23.2 Å². The number of hydrogen-bond acceptors (Lipinski definition) is 5. The van der Waals surface area contributed by atoms with Crippen LogP contribution in [0.25, 0.3) is 22.2 Å². The number of hydrogen-bond donors (Lipinski definition) is 1. The fraction of sp³-hybridized carbons (Fsp3) is 0.160. The second kappa shape index (κ2) is 9.65. The van der Waals surface area contributed by atoms with E-state index in [4.69, 9.17) is 32.7 Å². The van der Waals surface area contributed by atoms with Crippen LogP contribution in [0.5, 0.6) is 11.5 Å². The standard InChI is InChI=1S/C25H20Cl2N2O4/c1-14(2)25(31)33-21-16-9-6-12-28-23(16)29-24(30)20(21)19-17(26)10-11-18(27)22(19)32-13-15-7-4-3-5-8-15/h3-12,14H,13H2,1-2H3,(H,28,29,30). The van der Waals surface area contributed by atoms with Gasteiger partial charge in [0.05, 0.1) is 32.5 Å². The zero-order chi connectivity index (χ0) is 23.5. The van der Waals surface area contributed by atoms with Crippen molar-refractivity contribution < 1.29 is 14.3 Å². The van der Waals surface area contributed by atoms with Gasteiger partial charge in [0, 0.05) is 6.20 Å². The lowest BCUT2D eigenvalue weighted by Gasteiger charge is -2.18. The minimum Gasteiger partial charge on any atom is -0.487 e. The summed E-state index contributed by atoms with van der Waals surface area (Å²) in [7, 11) is 0. The molecule has 2 aromatic heterocycles. The number of carbonyl (C=O) groups is 1. The smallest absolute Gasteiger partial charge is 0.313 e. The number of fused-ring (bicyclic) bond motifs is 1. The topological polar surface area (TPSA) is 81.3 Å². The van der Waals surface area contributed by atoms with E-state index in [1.54, 1.807) is 38.1 Å². The normalized spacial score (nSPS) is 11.1. The SMILES string of the molecule is CC(C)C(=O)Oc1c(-c2c(Cl)ccc(Cl)c2OCc2ccccc2)c(=O)[nH]c2ncccc12. The minimum atomic E-state index is -0.540. The fourth-order valence-corrected chi connectivity index (χ4v) is 3.74. The lowest BCUT2D eigenvalue weighted by molar-refractivity contribution is -0.137. The highest BCUT2D eigenvalue weighted by atomic mass is 35.5. The second-order valence-electron chi connectivity index (χ2n) is 7.64. The van der Waals surface area contributed by atoms with Gasteiger partial charge in [0.25, 0.3) is 5.56 Å². The first-order valence-electron chi connectivity index (χ1n) is 10.2. The third-order valence-corrected chi connectivity index (χ3v) is 5.56. The monoisotopic (exact) mass is 482 g/mol. The Kier molecular flexibility index (Phi) is 6.67. The number of nitrogens with zero attached hydrogens (tertiary/aromatic N) is 1. The molecule has 0 aliphatic carbocycles. The van der Waals surface area contributed by atoms with Crippen molar-refractivity contribution in [3.63, 3.8) is 0 Å². The van der Waals surface area contributed by atoms with Crippen LogP contribution in [0.3, 0.4) is 0 Å². The molecule has 0 aliphatic rings. The van der Waals surface area contributed by atoms with Crippen molar-refractivity contribution in [2.45, 2.75) is 20.5 Å². The number of H-pyrrole nitrogens is 1. The summed E-state index contributed by atoms with van der Waals surface area (Å²) in [5.41, 5.74) is 0.922. The molecule has 0 fully saturated rings. The lowest BCUT2D eigenvalue weighted by atomic mass is 10.0. The van der Waals surface area contributed by atoms with Crippen molar-refractivity contribution in [3.05, 3.63) is 86.8 Å². The molecule has 0 saturated carbocycles. The van der Waals surface area contributed by atoms with E-state index in [1.807, 2.05) is 30.3 Å². The average molecular weight is 483 g/mol. The van der Waals surface area contributed by atoms with E-state index in [0.717, 1.165) is 5.56 Å². The predicted molar refractivity (Wildman–Crippen MR) is 129 cm³/mol. The Morgan fingerprint density at radius 3 is 2.42 bits per heavy atom. The second-order valence-corrected chi connectivity index (χ2v) is 8.46. The fourth-order valence-electron chi connectivity index (χ4n) is 3.28. The molecular formula is C25H20Cl2N2O4. The van der Waals surface area contributed by atoms with Gasteiger partial charge in [0.2, 0.25) is 0 Å². The molecule has 6 nitrogen and oxygen atoms in total. The van der Waals surface area contributed by atoms with E-state index in [2.05, 4.69) is 9.97 Å². The van der Waals surface area contributed by atoms with Gasteiger partial charge in [-0.15, -0.1) is 0 Å². The van der Waals surface area contributed by atoms with Gasteiger partial charge in [-0.2, -0.15) is 0 Å². The first-order chi connectivity index (χ1) is 15.9. The number of ether oxygens (including phenoxy) is 2. The predicted octanol–water partition coefficient (Wildman–Crippen LogP) is 6.04. The van der Waals surface area contributed by atoms with Crippen LogP contribution < -0.4 is 15.0 Å². The first kappa shape index (κ1) is 22.8. The summed E-state index contributed by atoms with van der Waals surface area (Å²) in [4.78, 5) is 32.7. The van der Waals surface area contributed by atoms with Crippen molar-refractivity contribution in [2.75, 3.05) is 0 Å². The molecule has 33 heavy (non-hydrogen) atoms. The van der Waals surface area contributed by atoms with E-state index in [0.29, 0.717) is 5.39 Å². The van der Waals surface area contributed by atoms with Gasteiger partial charge in [-0.1, -0.05) is 67.4 Å². The maximum Gasteiger partial charge on any atom is 0.313 e. The average Bonchev–Trinajstić information content (AvgIpc) is 2.80. The van der Waals surface area contributed by atoms with Gasteiger partial charge >= 0.3 is 5.97 Å². The van der Waals surface area contributed by atoms with Crippen molar-refractivity contribution >= 4 is 40.2 Å². The molecule has 2 aromatic carbocycles. The molecule has 0 spiro atoms. The zero-order valence-corrected chi connectivity index (χ0v) is 19.4. The highest BCUT2D eigenvalue weighted by Gasteiger charge is 2.26. The number of carbonyl (C=O) groups excluding carboxylic acids is 1. The number of esters is 1. The lowest BCUT2D eigenvalue weighted by Crippen LogP contribution is -2.19. The Hall–Kier alpha value is -3.35. The molecule has 4 rings (SSSR count). The summed E-state index contributed by atoms with van der Waals surface area (Å²) in [6, 6.07) is 16.0. The zero-order valence-electron chi connectivity index (χ0n) is 17.9. The van der Waals surface area contributed by atoms with Crippen LogP contribution in [0.1, 0.15) is 19.4 Å². The van der Waals surface area contributed by atoms with Gasteiger partial charge in [-0.25, -0.2) is 4.98 Å². The third kappa shape index (κ3) is 4.72. The Bertz CT molecular complexity index is 1380. The highest BCUT2D eigenvalue weighted by molar-refractivity contribution is 6.37. The summed E-state index contributed by atoms with van der Waals surface area (Å²) in [5.74, 6) is -0.665. The molecule has 2 heterocycles. The quantitative estimate of drug-likeness (QED) is 0.339. The molecule has 0 unspecified atom stereocenters. The Labute approximate surface area is 200 Å². The first-order valence-corrected chi connectivity index (χ1v) is 11.0. The van der Waals surface area contributed by atoms with Crippen molar-refractivity contribution in [1.82, 2.24) is 9.97 Å². The summed E-state index contributed by atoms with van der Waals surface area (Å²) >= 11 is 13.0. The van der Waals surface area contributed by atoms with Crippen LogP contribution in [0.2, 0.25) is 10.0 Å². The molecule has 4 aromatic rings. The van der Waals surface area contributed by atoms with Gasteiger partial charge < -0.3 is 14.5 Å². The molecule has 8 heteroatoms. The molecule has 168 valence electrons. The Morgan fingerprint density at radius 1 is 0.970 bits per heavy atom. The van der Waals surface area contributed by atoms with Crippen molar-refractivity contribution in [2.24, 2.45) is 5.92 Å². The van der Waals surface area contributed by atoms with Gasteiger partial charge in [0.1, 0.15) is 18.0 Å². The number of rotatable bonds is 6. The van der Waals surface area contributed by atoms with E-state index < -0.39 is 17.4 Å². The summed E-state index contributed by atoms with van der Waals surface area (Å²) < 4.78 is 11.8.